The Morgan fingerprint density at radius 2 is 2.00 bits per heavy atom. The number of aliphatic hydroxyl groups excluding tert-OH is 1. The van der Waals surface area contributed by atoms with Gasteiger partial charge >= 0.3 is 0 Å². The second-order valence-corrected chi connectivity index (χ2v) is 3.23. The standard InChI is InChI=1S/C10H12N2O/c1-10(11,7-13)8-3-5-9(12-2)6-4-8/h3-6,13H,7,11H2,1H3/t10-/m0/s1. The van der Waals surface area contributed by atoms with Crippen molar-refractivity contribution in [1.82, 2.24) is 0 Å². The molecular formula is C10H12N2O. The minimum Gasteiger partial charge on any atom is -0.394 e. The van der Waals surface area contributed by atoms with E-state index in [1.807, 2.05) is 0 Å². The average molecular weight is 176 g/mol. The van der Waals surface area contributed by atoms with Crippen molar-refractivity contribution in [3.8, 4) is 0 Å². The van der Waals surface area contributed by atoms with Crippen molar-refractivity contribution in [2.45, 2.75) is 12.5 Å². The van der Waals surface area contributed by atoms with Gasteiger partial charge in [-0.2, -0.15) is 0 Å². The molecule has 0 unspecified atom stereocenters. The van der Waals surface area contributed by atoms with Gasteiger partial charge in [0.25, 0.3) is 0 Å². The second-order valence-electron chi connectivity index (χ2n) is 3.23. The van der Waals surface area contributed by atoms with Gasteiger partial charge in [-0.25, -0.2) is 4.85 Å². The first kappa shape index (κ1) is 9.72. The Kier molecular flexibility index (Phi) is 2.66. The molecule has 0 bridgehead atoms. The van der Waals surface area contributed by atoms with Crippen molar-refractivity contribution in [3.63, 3.8) is 0 Å². The molecule has 0 saturated carbocycles. The third kappa shape index (κ3) is 2.05. The number of aliphatic hydroxyl groups is 1. The quantitative estimate of drug-likeness (QED) is 0.669. The summed E-state index contributed by atoms with van der Waals surface area (Å²) in [6, 6.07) is 6.93. The van der Waals surface area contributed by atoms with E-state index in [4.69, 9.17) is 17.4 Å². The van der Waals surface area contributed by atoms with Gasteiger partial charge in [-0.3, -0.25) is 0 Å². The fourth-order valence-corrected chi connectivity index (χ4v) is 1.01. The second kappa shape index (κ2) is 3.56. The summed E-state index contributed by atoms with van der Waals surface area (Å²) in [4.78, 5) is 3.27. The number of nitrogens with zero attached hydrogens (tertiary/aromatic N) is 1. The van der Waals surface area contributed by atoms with Crippen LogP contribution in [0.5, 0.6) is 0 Å². The third-order valence-corrected chi connectivity index (χ3v) is 1.98. The van der Waals surface area contributed by atoms with Gasteiger partial charge in [0.2, 0.25) is 0 Å². The maximum atomic E-state index is 8.99. The minimum atomic E-state index is -0.722. The molecule has 68 valence electrons. The van der Waals surface area contributed by atoms with Crippen LogP contribution in [0.4, 0.5) is 5.69 Å². The van der Waals surface area contributed by atoms with Crippen LogP contribution in [-0.2, 0) is 5.54 Å². The Hall–Kier alpha value is -1.37. The first-order chi connectivity index (χ1) is 6.10. The summed E-state index contributed by atoms with van der Waals surface area (Å²) in [5.41, 5.74) is 6.50. The zero-order chi connectivity index (χ0) is 9.90. The lowest BCUT2D eigenvalue weighted by Crippen LogP contribution is -2.36. The molecule has 0 spiro atoms. The number of benzene rings is 1. The molecule has 3 N–H and O–H groups in total. The van der Waals surface area contributed by atoms with Crippen molar-refractivity contribution >= 4 is 5.69 Å². The first-order valence-corrected chi connectivity index (χ1v) is 3.98. The maximum absolute atomic E-state index is 8.99. The zero-order valence-corrected chi connectivity index (χ0v) is 7.49. The molecule has 1 aromatic rings. The lowest BCUT2D eigenvalue weighted by atomic mass is 9.94. The number of hydrogen-bond acceptors (Lipinski definition) is 2. The molecule has 1 atom stereocenters. The van der Waals surface area contributed by atoms with Gasteiger partial charge in [-0.15, -0.1) is 0 Å². The molecule has 0 aliphatic heterocycles. The van der Waals surface area contributed by atoms with Crippen molar-refractivity contribution in [3.05, 3.63) is 41.2 Å². The molecule has 0 amide bonds. The van der Waals surface area contributed by atoms with E-state index in [1.165, 1.54) is 0 Å². The predicted molar refractivity (Wildman–Crippen MR) is 51.3 cm³/mol. The molecule has 0 saturated heterocycles. The van der Waals surface area contributed by atoms with E-state index in [1.54, 1.807) is 31.2 Å². The Bertz CT molecular complexity index is 322. The lowest BCUT2D eigenvalue weighted by Gasteiger charge is -2.22. The maximum Gasteiger partial charge on any atom is 0.187 e. The van der Waals surface area contributed by atoms with Crippen LogP contribution in [0.15, 0.2) is 24.3 Å². The van der Waals surface area contributed by atoms with E-state index in [0.717, 1.165) is 5.56 Å². The van der Waals surface area contributed by atoms with E-state index in [2.05, 4.69) is 4.85 Å². The van der Waals surface area contributed by atoms with E-state index in [-0.39, 0.29) is 6.61 Å². The van der Waals surface area contributed by atoms with E-state index < -0.39 is 5.54 Å². The van der Waals surface area contributed by atoms with Crippen LogP contribution in [0.2, 0.25) is 0 Å². The Morgan fingerprint density at radius 1 is 1.46 bits per heavy atom. The lowest BCUT2D eigenvalue weighted by molar-refractivity contribution is 0.210. The fraction of sp³-hybridized carbons (Fsp3) is 0.300. The largest absolute Gasteiger partial charge is 0.394 e. The SMILES string of the molecule is [C-]#[N+]c1ccc([C@@](C)(N)CO)cc1. The Labute approximate surface area is 77.6 Å². The van der Waals surface area contributed by atoms with Crippen LogP contribution >= 0.6 is 0 Å². The topological polar surface area (TPSA) is 50.6 Å². The molecule has 1 aromatic carbocycles. The van der Waals surface area contributed by atoms with Gasteiger partial charge in [0.1, 0.15) is 0 Å². The van der Waals surface area contributed by atoms with Crippen molar-refractivity contribution in [1.29, 1.82) is 0 Å². The summed E-state index contributed by atoms with van der Waals surface area (Å²) >= 11 is 0. The van der Waals surface area contributed by atoms with Crippen molar-refractivity contribution in [2.75, 3.05) is 6.61 Å². The highest BCUT2D eigenvalue weighted by molar-refractivity contribution is 5.46. The molecule has 3 heteroatoms. The number of hydrogen-bond donors (Lipinski definition) is 2. The van der Waals surface area contributed by atoms with Gasteiger partial charge < -0.3 is 10.8 Å². The highest BCUT2D eigenvalue weighted by Gasteiger charge is 2.19. The van der Waals surface area contributed by atoms with E-state index in [9.17, 15) is 0 Å². The highest BCUT2D eigenvalue weighted by Crippen LogP contribution is 2.20. The van der Waals surface area contributed by atoms with Crippen molar-refractivity contribution < 1.29 is 5.11 Å². The highest BCUT2D eigenvalue weighted by atomic mass is 16.3. The third-order valence-electron chi connectivity index (χ3n) is 1.98. The van der Waals surface area contributed by atoms with E-state index in [0.29, 0.717) is 5.69 Å². The molecule has 1 rings (SSSR count). The van der Waals surface area contributed by atoms with Crippen molar-refractivity contribution in [2.24, 2.45) is 5.73 Å². The molecule has 13 heavy (non-hydrogen) atoms. The van der Waals surface area contributed by atoms with Gasteiger partial charge in [-0.05, 0) is 12.5 Å². The average Bonchev–Trinajstić information content (AvgIpc) is 2.18. The smallest absolute Gasteiger partial charge is 0.187 e. The van der Waals surface area contributed by atoms with Crippen LogP contribution in [0, 0.1) is 6.57 Å². The van der Waals surface area contributed by atoms with E-state index >= 15 is 0 Å². The number of rotatable bonds is 2. The molecule has 0 fully saturated rings. The summed E-state index contributed by atoms with van der Waals surface area (Å²) in [5, 5.41) is 8.99. The minimum absolute atomic E-state index is 0.107. The zero-order valence-electron chi connectivity index (χ0n) is 7.49. The van der Waals surface area contributed by atoms with Gasteiger partial charge in [-0.1, -0.05) is 24.3 Å². The molecule has 0 heterocycles. The molecule has 0 radical (unpaired) electrons. The summed E-state index contributed by atoms with van der Waals surface area (Å²) in [6.07, 6.45) is 0. The molecule has 0 aromatic heterocycles. The predicted octanol–water partition coefficient (Wildman–Crippen LogP) is 1.40. The van der Waals surface area contributed by atoms with Crippen LogP contribution in [0.25, 0.3) is 4.85 Å². The van der Waals surface area contributed by atoms with Crippen LogP contribution < -0.4 is 5.73 Å². The first-order valence-electron chi connectivity index (χ1n) is 3.98. The van der Waals surface area contributed by atoms with Gasteiger partial charge in [0, 0.05) is 0 Å². The molecular weight excluding hydrogens is 164 g/mol. The van der Waals surface area contributed by atoms with Gasteiger partial charge in [0.15, 0.2) is 5.69 Å². The fourth-order valence-electron chi connectivity index (χ4n) is 1.01. The van der Waals surface area contributed by atoms with Crippen LogP contribution in [0.1, 0.15) is 12.5 Å². The normalized spacial score (nSPS) is 14.6. The molecule has 0 aliphatic rings. The van der Waals surface area contributed by atoms with Gasteiger partial charge in [0.05, 0.1) is 18.7 Å². The summed E-state index contributed by atoms with van der Waals surface area (Å²) in [6.45, 7) is 8.40. The van der Waals surface area contributed by atoms with Crippen LogP contribution in [0.3, 0.4) is 0 Å². The molecule has 3 nitrogen and oxygen atoms in total. The number of nitrogens with two attached hydrogens (primary N) is 1. The Balaban J connectivity index is 3.00. The van der Waals surface area contributed by atoms with Crippen LogP contribution in [-0.4, -0.2) is 11.7 Å². The summed E-state index contributed by atoms with van der Waals surface area (Å²) in [7, 11) is 0. The summed E-state index contributed by atoms with van der Waals surface area (Å²) < 4.78 is 0. The summed E-state index contributed by atoms with van der Waals surface area (Å²) in [5.74, 6) is 0. The Morgan fingerprint density at radius 3 is 2.38 bits per heavy atom. The molecule has 0 aliphatic carbocycles. The monoisotopic (exact) mass is 176 g/mol.